The van der Waals surface area contributed by atoms with Gasteiger partial charge in [-0.05, 0) is 38.5 Å². The zero-order valence-corrected chi connectivity index (χ0v) is 16.0. The summed E-state index contributed by atoms with van der Waals surface area (Å²) in [5, 5.41) is 4.57. The van der Waals surface area contributed by atoms with Crippen molar-refractivity contribution in [2.45, 2.75) is 38.8 Å². The van der Waals surface area contributed by atoms with Crippen LogP contribution < -0.4 is 4.72 Å². The van der Waals surface area contributed by atoms with Crippen molar-refractivity contribution in [1.82, 2.24) is 14.5 Å². The first-order valence-corrected chi connectivity index (χ1v) is 9.98. The van der Waals surface area contributed by atoms with Crippen molar-refractivity contribution in [2.75, 3.05) is 0 Å². The van der Waals surface area contributed by atoms with Gasteiger partial charge in [0.1, 0.15) is 0 Å². The van der Waals surface area contributed by atoms with Crippen LogP contribution in [0.2, 0.25) is 0 Å². The summed E-state index contributed by atoms with van der Waals surface area (Å²) in [4.78, 5) is 0.273. The van der Waals surface area contributed by atoms with Gasteiger partial charge in [-0.3, -0.25) is 4.68 Å². The number of aryl methyl sites for hydroxylation is 2. The molecular weight excluding hydrogens is 346 g/mol. The van der Waals surface area contributed by atoms with Gasteiger partial charge in [-0.1, -0.05) is 48.0 Å². The molecule has 0 radical (unpaired) electrons. The Morgan fingerprint density at radius 2 is 1.62 bits per heavy atom. The van der Waals surface area contributed by atoms with Crippen LogP contribution in [-0.4, -0.2) is 18.2 Å². The van der Waals surface area contributed by atoms with Gasteiger partial charge >= 0.3 is 0 Å². The van der Waals surface area contributed by atoms with Crippen molar-refractivity contribution in [3.8, 4) is 0 Å². The summed E-state index contributed by atoms with van der Waals surface area (Å²) in [6, 6.07) is 16.9. The lowest BCUT2D eigenvalue weighted by atomic mass is 10.2. The van der Waals surface area contributed by atoms with E-state index in [0.717, 1.165) is 28.1 Å². The molecule has 0 aliphatic rings. The summed E-state index contributed by atoms with van der Waals surface area (Å²) in [6.45, 7) is 6.70. The standard InChI is InChI=1S/C20H23N3O2S/c1-15-9-11-19(12-10-15)26(24,25)21-13-20-16(2)22-23(17(20)3)14-18-7-5-4-6-8-18/h4-12,21H,13-14H2,1-3H3. The van der Waals surface area contributed by atoms with Crippen LogP contribution in [0, 0.1) is 20.8 Å². The Labute approximate surface area is 154 Å². The maximum Gasteiger partial charge on any atom is 0.240 e. The molecule has 0 unspecified atom stereocenters. The van der Waals surface area contributed by atoms with E-state index in [0.29, 0.717) is 6.54 Å². The highest BCUT2D eigenvalue weighted by molar-refractivity contribution is 7.89. The molecule has 136 valence electrons. The van der Waals surface area contributed by atoms with E-state index >= 15 is 0 Å². The fourth-order valence-electron chi connectivity index (χ4n) is 2.87. The number of hydrogen-bond acceptors (Lipinski definition) is 3. The minimum absolute atomic E-state index is 0.225. The Morgan fingerprint density at radius 3 is 2.27 bits per heavy atom. The largest absolute Gasteiger partial charge is 0.265 e. The van der Waals surface area contributed by atoms with Gasteiger partial charge in [0.2, 0.25) is 10.0 Å². The second kappa shape index (κ2) is 7.43. The number of hydrogen-bond donors (Lipinski definition) is 1. The van der Waals surface area contributed by atoms with Crippen molar-refractivity contribution in [2.24, 2.45) is 0 Å². The molecule has 3 aromatic rings. The highest BCUT2D eigenvalue weighted by Crippen LogP contribution is 2.16. The van der Waals surface area contributed by atoms with Gasteiger partial charge in [-0.2, -0.15) is 5.10 Å². The summed E-state index contributed by atoms with van der Waals surface area (Å²) < 4.78 is 29.6. The van der Waals surface area contributed by atoms with Gasteiger partial charge in [0, 0.05) is 17.8 Å². The van der Waals surface area contributed by atoms with Gasteiger partial charge in [0.25, 0.3) is 0 Å². The molecule has 2 aromatic carbocycles. The molecule has 0 atom stereocenters. The molecule has 0 fully saturated rings. The Kier molecular flexibility index (Phi) is 5.25. The lowest BCUT2D eigenvalue weighted by Crippen LogP contribution is -2.23. The van der Waals surface area contributed by atoms with Crippen LogP contribution in [0.25, 0.3) is 0 Å². The molecule has 0 spiro atoms. The van der Waals surface area contributed by atoms with Gasteiger partial charge in [0.15, 0.2) is 0 Å². The van der Waals surface area contributed by atoms with Crippen LogP contribution in [0.3, 0.4) is 0 Å². The second-order valence-corrected chi connectivity index (χ2v) is 8.20. The van der Waals surface area contributed by atoms with Gasteiger partial charge in [-0.15, -0.1) is 0 Å². The summed E-state index contributed by atoms with van der Waals surface area (Å²) in [5.74, 6) is 0. The minimum atomic E-state index is -3.55. The molecule has 5 nitrogen and oxygen atoms in total. The normalized spacial score (nSPS) is 11.7. The zero-order valence-electron chi connectivity index (χ0n) is 15.2. The molecule has 0 aliphatic heterocycles. The van der Waals surface area contributed by atoms with E-state index in [4.69, 9.17) is 0 Å². The third kappa shape index (κ3) is 4.03. The van der Waals surface area contributed by atoms with Crippen LogP contribution in [0.4, 0.5) is 0 Å². The summed E-state index contributed by atoms with van der Waals surface area (Å²) >= 11 is 0. The molecule has 26 heavy (non-hydrogen) atoms. The smallest absolute Gasteiger partial charge is 0.240 e. The van der Waals surface area contributed by atoms with Crippen molar-refractivity contribution < 1.29 is 8.42 Å². The van der Waals surface area contributed by atoms with Crippen molar-refractivity contribution >= 4 is 10.0 Å². The van der Waals surface area contributed by atoms with E-state index in [1.165, 1.54) is 0 Å². The third-order valence-electron chi connectivity index (χ3n) is 4.48. The average molecular weight is 369 g/mol. The molecule has 0 amide bonds. The number of sulfonamides is 1. The molecule has 0 aliphatic carbocycles. The molecule has 0 bridgehead atoms. The second-order valence-electron chi connectivity index (χ2n) is 6.43. The minimum Gasteiger partial charge on any atom is -0.265 e. The molecule has 3 rings (SSSR count). The van der Waals surface area contributed by atoms with E-state index in [1.807, 2.05) is 43.7 Å². The quantitative estimate of drug-likeness (QED) is 0.725. The average Bonchev–Trinajstić information content (AvgIpc) is 2.88. The molecule has 1 N–H and O–H groups in total. The lowest BCUT2D eigenvalue weighted by molar-refractivity contribution is 0.581. The first-order chi connectivity index (χ1) is 12.4. The van der Waals surface area contributed by atoms with E-state index in [1.54, 1.807) is 24.3 Å². The topological polar surface area (TPSA) is 64.0 Å². The SMILES string of the molecule is Cc1ccc(S(=O)(=O)NCc2c(C)nn(Cc3ccccc3)c2C)cc1. The fourth-order valence-corrected chi connectivity index (χ4v) is 3.86. The van der Waals surface area contributed by atoms with Crippen LogP contribution >= 0.6 is 0 Å². The number of rotatable bonds is 6. The fraction of sp³-hybridized carbons (Fsp3) is 0.250. The van der Waals surface area contributed by atoms with Crippen molar-refractivity contribution in [1.29, 1.82) is 0 Å². The Balaban J connectivity index is 1.77. The maximum absolute atomic E-state index is 12.5. The van der Waals surface area contributed by atoms with E-state index < -0.39 is 10.0 Å². The lowest BCUT2D eigenvalue weighted by Gasteiger charge is -2.08. The monoisotopic (exact) mass is 369 g/mol. The van der Waals surface area contributed by atoms with Gasteiger partial charge in [0.05, 0.1) is 17.1 Å². The molecule has 0 saturated heterocycles. The Bertz CT molecular complexity index is 992. The summed E-state index contributed by atoms with van der Waals surface area (Å²) in [5.41, 5.74) is 4.90. The highest BCUT2D eigenvalue weighted by atomic mass is 32.2. The first-order valence-electron chi connectivity index (χ1n) is 8.50. The molecule has 1 aromatic heterocycles. The maximum atomic E-state index is 12.5. The van der Waals surface area contributed by atoms with Crippen LogP contribution in [0.5, 0.6) is 0 Å². The van der Waals surface area contributed by atoms with Crippen LogP contribution in [-0.2, 0) is 23.1 Å². The van der Waals surface area contributed by atoms with Gasteiger partial charge in [-0.25, -0.2) is 13.1 Å². The Hall–Kier alpha value is -2.44. The summed E-state index contributed by atoms with van der Waals surface area (Å²) in [6.07, 6.45) is 0. The third-order valence-corrected chi connectivity index (χ3v) is 5.89. The van der Waals surface area contributed by atoms with Crippen LogP contribution in [0.15, 0.2) is 59.5 Å². The Morgan fingerprint density at radius 1 is 0.962 bits per heavy atom. The van der Waals surface area contributed by atoms with E-state index in [9.17, 15) is 8.42 Å². The van der Waals surface area contributed by atoms with Crippen molar-refractivity contribution in [3.05, 3.63) is 82.7 Å². The first kappa shape index (κ1) is 18.4. The number of nitrogens with zero attached hydrogens (tertiary/aromatic N) is 2. The highest BCUT2D eigenvalue weighted by Gasteiger charge is 2.17. The van der Waals surface area contributed by atoms with Gasteiger partial charge < -0.3 is 0 Å². The van der Waals surface area contributed by atoms with Crippen molar-refractivity contribution in [3.63, 3.8) is 0 Å². The molecule has 6 heteroatoms. The molecule has 0 saturated carbocycles. The molecule has 1 heterocycles. The number of nitrogens with one attached hydrogen (secondary N) is 1. The number of aromatic nitrogens is 2. The summed E-state index contributed by atoms with van der Waals surface area (Å²) in [7, 11) is -3.55. The van der Waals surface area contributed by atoms with E-state index in [-0.39, 0.29) is 11.4 Å². The van der Waals surface area contributed by atoms with E-state index in [2.05, 4.69) is 22.0 Å². The molecular formula is C20H23N3O2S. The predicted molar refractivity (Wildman–Crippen MR) is 102 cm³/mol. The zero-order chi connectivity index (χ0) is 18.7. The number of benzene rings is 2. The predicted octanol–water partition coefficient (Wildman–Crippen LogP) is 3.34. The van der Waals surface area contributed by atoms with Crippen LogP contribution in [0.1, 0.15) is 28.1 Å².